The molecule has 2 fully saturated rings. The zero-order chi connectivity index (χ0) is 15.2. The molecule has 2 aliphatic carbocycles. The van der Waals surface area contributed by atoms with Gasteiger partial charge < -0.3 is 10.1 Å². The van der Waals surface area contributed by atoms with Crippen molar-refractivity contribution in [3.05, 3.63) is 0 Å². The van der Waals surface area contributed by atoms with Gasteiger partial charge in [-0.25, -0.2) is 0 Å². The highest BCUT2D eigenvalue weighted by Gasteiger charge is 2.50. The molecule has 0 bridgehead atoms. The Labute approximate surface area is 126 Å². The van der Waals surface area contributed by atoms with Gasteiger partial charge in [-0.3, -0.25) is 0 Å². The lowest BCUT2D eigenvalue weighted by Gasteiger charge is -2.55. The van der Waals surface area contributed by atoms with E-state index in [1.54, 1.807) is 0 Å². The third kappa shape index (κ3) is 3.39. The minimum absolute atomic E-state index is 0.280. The van der Waals surface area contributed by atoms with E-state index in [-0.39, 0.29) is 5.41 Å². The number of hydrogen-bond acceptors (Lipinski definition) is 2. The summed E-state index contributed by atoms with van der Waals surface area (Å²) < 4.78 is 5.85. The van der Waals surface area contributed by atoms with Crippen LogP contribution in [-0.2, 0) is 4.74 Å². The van der Waals surface area contributed by atoms with Gasteiger partial charge in [0.2, 0.25) is 0 Å². The Balaban J connectivity index is 1.94. The lowest BCUT2D eigenvalue weighted by atomic mass is 9.61. The number of hydrogen-bond donors (Lipinski definition) is 1. The lowest BCUT2D eigenvalue weighted by Crippen LogP contribution is -2.63. The largest absolute Gasteiger partial charge is 0.378 e. The number of ether oxygens (including phenoxy) is 1. The van der Waals surface area contributed by atoms with E-state index >= 15 is 0 Å². The fourth-order valence-electron chi connectivity index (χ4n) is 4.90. The molecule has 2 atom stereocenters. The SMILES string of the molecule is CCOC1CC(NC2CC(C)(C)CC(C)(C)C2)C1(C)C. The summed E-state index contributed by atoms with van der Waals surface area (Å²) in [4.78, 5) is 0. The van der Waals surface area contributed by atoms with E-state index in [2.05, 4.69) is 53.8 Å². The van der Waals surface area contributed by atoms with E-state index in [0.717, 1.165) is 6.61 Å². The Kier molecular flexibility index (Phi) is 4.30. The van der Waals surface area contributed by atoms with Crippen molar-refractivity contribution in [1.29, 1.82) is 0 Å². The number of rotatable bonds is 4. The van der Waals surface area contributed by atoms with Gasteiger partial charge in [-0.1, -0.05) is 41.5 Å². The van der Waals surface area contributed by atoms with Crippen molar-refractivity contribution in [1.82, 2.24) is 5.32 Å². The number of nitrogens with one attached hydrogen (secondary N) is 1. The predicted molar refractivity (Wildman–Crippen MR) is 85.9 cm³/mol. The van der Waals surface area contributed by atoms with E-state index < -0.39 is 0 Å². The molecule has 0 spiro atoms. The van der Waals surface area contributed by atoms with Crippen LogP contribution in [0, 0.1) is 16.2 Å². The van der Waals surface area contributed by atoms with Crippen molar-refractivity contribution in [2.75, 3.05) is 6.61 Å². The third-order valence-electron chi connectivity index (χ3n) is 5.54. The predicted octanol–water partition coefficient (Wildman–Crippen LogP) is 4.38. The Morgan fingerprint density at radius 1 is 1.00 bits per heavy atom. The quantitative estimate of drug-likeness (QED) is 0.825. The van der Waals surface area contributed by atoms with Crippen LogP contribution < -0.4 is 5.32 Å². The summed E-state index contributed by atoms with van der Waals surface area (Å²) in [5.41, 5.74) is 1.21. The first-order valence-electron chi connectivity index (χ1n) is 8.43. The van der Waals surface area contributed by atoms with Crippen molar-refractivity contribution in [3.8, 4) is 0 Å². The fourth-order valence-corrected chi connectivity index (χ4v) is 4.90. The normalized spacial score (nSPS) is 35.5. The highest BCUT2D eigenvalue weighted by Crippen LogP contribution is 2.48. The topological polar surface area (TPSA) is 21.3 Å². The molecule has 2 rings (SSSR count). The molecule has 118 valence electrons. The molecule has 0 aromatic rings. The maximum atomic E-state index is 5.85. The Bertz CT molecular complexity index is 329. The van der Waals surface area contributed by atoms with Gasteiger partial charge in [-0.05, 0) is 43.4 Å². The maximum Gasteiger partial charge on any atom is 0.0655 e. The van der Waals surface area contributed by atoms with Gasteiger partial charge in [0.05, 0.1) is 6.10 Å². The lowest BCUT2D eigenvalue weighted by molar-refractivity contribution is -0.119. The monoisotopic (exact) mass is 281 g/mol. The molecule has 2 aliphatic rings. The van der Waals surface area contributed by atoms with E-state index in [0.29, 0.717) is 29.0 Å². The van der Waals surface area contributed by atoms with Crippen molar-refractivity contribution in [2.24, 2.45) is 16.2 Å². The summed E-state index contributed by atoms with van der Waals surface area (Å²) in [6, 6.07) is 1.29. The van der Waals surface area contributed by atoms with E-state index in [1.165, 1.54) is 25.7 Å². The highest BCUT2D eigenvalue weighted by molar-refractivity contribution is 5.05. The van der Waals surface area contributed by atoms with Gasteiger partial charge in [0.15, 0.2) is 0 Å². The molecule has 1 N–H and O–H groups in total. The first kappa shape index (κ1) is 16.3. The van der Waals surface area contributed by atoms with Gasteiger partial charge in [0, 0.05) is 24.1 Å². The zero-order valence-corrected chi connectivity index (χ0v) is 14.7. The summed E-state index contributed by atoms with van der Waals surface area (Å²) in [6.07, 6.45) is 5.58. The zero-order valence-electron chi connectivity index (χ0n) is 14.7. The molecule has 0 amide bonds. The Morgan fingerprint density at radius 2 is 1.55 bits per heavy atom. The van der Waals surface area contributed by atoms with Gasteiger partial charge in [0.1, 0.15) is 0 Å². The summed E-state index contributed by atoms with van der Waals surface area (Å²) in [5, 5.41) is 3.97. The summed E-state index contributed by atoms with van der Waals surface area (Å²) in [5.74, 6) is 0. The molecule has 0 aromatic heterocycles. The van der Waals surface area contributed by atoms with E-state index in [1.807, 2.05) is 0 Å². The molecule has 0 aliphatic heterocycles. The molecule has 2 saturated carbocycles. The van der Waals surface area contributed by atoms with Crippen LogP contribution >= 0.6 is 0 Å². The fraction of sp³-hybridized carbons (Fsp3) is 1.00. The van der Waals surface area contributed by atoms with Crippen LogP contribution in [0.4, 0.5) is 0 Å². The van der Waals surface area contributed by atoms with Gasteiger partial charge in [-0.15, -0.1) is 0 Å². The van der Waals surface area contributed by atoms with Gasteiger partial charge >= 0.3 is 0 Å². The van der Waals surface area contributed by atoms with Crippen LogP contribution in [0.2, 0.25) is 0 Å². The van der Waals surface area contributed by atoms with Crippen LogP contribution in [0.25, 0.3) is 0 Å². The smallest absolute Gasteiger partial charge is 0.0655 e. The molecular formula is C18H35NO. The highest BCUT2D eigenvalue weighted by atomic mass is 16.5. The molecular weight excluding hydrogens is 246 g/mol. The van der Waals surface area contributed by atoms with Gasteiger partial charge in [-0.2, -0.15) is 0 Å². The second-order valence-corrected chi connectivity index (χ2v) is 9.33. The van der Waals surface area contributed by atoms with E-state index in [9.17, 15) is 0 Å². The standard InChI is InChI=1S/C18H35NO/c1-8-20-15-9-14(18(15,6)7)19-13-10-16(2,3)12-17(4,5)11-13/h13-15,19H,8-12H2,1-7H3. The average molecular weight is 281 g/mol. The molecule has 20 heavy (non-hydrogen) atoms. The van der Waals surface area contributed by atoms with Crippen LogP contribution in [0.15, 0.2) is 0 Å². The van der Waals surface area contributed by atoms with E-state index in [4.69, 9.17) is 4.74 Å². The van der Waals surface area contributed by atoms with Crippen LogP contribution in [0.3, 0.4) is 0 Å². The van der Waals surface area contributed by atoms with Crippen LogP contribution in [0.1, 0.15) is 74.1 Å². The molecule has 0 aromatic carbocycles. The molecule has 2 unspecified atom stereocenters. The second kappa shape index (κ2) is 5.28. The first-order chi connectivity index (χ1) is 9.06. The molecule has 0 saturated heterocycles. The Morgan fingerprint density at radius 3 is 2.00 bits per heavy atom. The third-order valence-corrected chi connectivity index (χ3v) is 5.54. The minimum Gasteiger partial charge on any atom is -0.378 e. The summed E-state index contributed by atoms with van der Waals surface area (Å²) >= 11 is 0. The molecule has 2 heteroatoms. The van der Waals surface area contributed by atoms with Crippen molar-refractivity contribution in [3.63, 3.8) is 0 Å². The molecule has 0 radical (unpaired) electrons. The van der Waals surface area contributed by atoms with Gasteiger partial charge in [0.25, 0.3) is 0 Å². The van der Waals surface area contributed by atoms with Crippen molar-refractivity contribution in [2.45, 2.75) is 92.3 Å². The van der Waals surface area contributed by atoms with Crippen LogP contribution in [-0.4, -0.2) is 24.8 Å². The average Bonchev–Trinajstić information content (AvgIpc) is 2.23. The maximum absolute atomic E-state index is 5.85. The molecule has 2 nitrogen and oxygen atoms in total. The van der Waals surface area contributed by atoms with Crippen LogP contribution in [0.5, 0.6) is 0 Å². The minimum atomic E-state index is 0.280. The second-order valence-electron chi connectivity index (χ2n) is 9.33. The van der Waals surface area contributed by atoms with Crippen molar-refractivity contribution >= 4 is 0 Å². The Hall–Kier alpha value is -0.0800. The first-order valence-corrected chi connectivity index (χ1v) is 8.43. The van der Waals surface area contributed by atoms with Crippen molar-refractivity contribution < 1.29 is 4.74 Å². The summed E-state index contributed by atoms with van der Waals surface area (Å²) in [6.45, 7) is 17.4. The molecule has 0 heterocycles. The summed E-state index contributed by atoms with van der Waals surface area (Å²) in [7, 11) is 0.